The zero-order valence-corrected chi connectivity index (χ0v) is 13.0. The number of thiocarbonyl (C=S) groups is 1. The van der Waals surface area contributed by atoms with Crippen molar-refractivity contribution in [2.24, 2.45) is 5.73 Å². The highest BCUT2D eigenvalue weighted by molar-refractivity contribution is 7.80. The normalized spacial score (nSPS) is 14.2. The molecule has 104 valence electrons. The number of amides is 1. The van der Waals surface area contributed by atoms with Crippen LogP contribution >= 0.6 is 23.6 Å². The summed E-state index contributed by atoms with van der Waals surface area (Å²) in [6.07, 6.45) is 4.85. The quantitative estimate of drug-likeness (QED) is 0.822. The van der Waals surface area contributed by atoms with Gasteiger partial charge in [0.25, 0.3) is 5.91 Å². The van der Waals surface area contributed by atoms with Gasteiger partial charge in [0, 0.05) is 4.88 Å². The number of carbonyl (C=O) groups excluding carboxylic acids is 1. The maximum atomic E-state index is 12.4. The van der Waals surface area contributed by atoms with Crippen LogP contribution in [0, 0.1) is 0 Å². The molecule has 2 rings (SSSR count). The van der Waals surface area contributed by atoms with Crippen LogP contribution in [0.25, 0.3) is 0 Å². The third kappa shape index (κ3) is 2.67. The van der Waals surface area contributed by atoms with E-state index >= 15 is 0 Å². The molecule has 0 radical (unpaired) electrons. The van der Waals surface area contributed by atoms with E-state index in [-0.39, 0.29) is 5.91 Å². The van der Waals surface area contributed by atoms with Crippen LogP contribution in [0.15, 0.2) is 6.07 Å². The Morgan fingerprint density at radius 2 is 2.16 bits per heavy atom. The second-order valence-electron chi connectivity index (χ2n) is 5.02. The highest BCUT2D eigenvalue weighted by atomic mass is 32.1. The molecule has 0 unspecified atom stereocenters. The Morgan fingerprint density at radius 3 is 2.68 bits per heavy atom. The van der Waals surface area contributed by atoms with Crippen LogP contribution in [-0.2, 0) is 12.8 Å². The molecule has 0 aliphatic heterocycles. The van der Waals surface area contributed by atoms with Crippen molar-refractivity contribution in [3.63, 3.8) is 0 Å². The molecule has 0 spiro atoms. The smallest absolute Gasteiger partial charge is 0.262 e. The molecule has 1 aromatic heterocycles. The molecule has 3 nitrogen and oxygen atoms in total. The van der Waals surface area contributed by atoms with Crippen LogP contribution in [0.3, 0.4) is 0 Å². The van der Waals surface area contributed by atoms with E-state index in [9.17, 15) is 4.79 Å². The van der Waals surface area contributed by atoms with Crippen LogP contribution in [-0.4, -0.2) is 16.4 Å². The van der Waals surface area contributed by atoms with E-state index in [0.29, 0.717) is 4.99 Å². The Hall–Kier alpha value is -0.940. The van der Waals surface area contributed by atoms with E-state index in [1.165, 1.54) is 16.9 Å². The highest BCUT2D eigenvalue weighted by Gasteiger charge is 2.32. The van der Waals surface area contributed by atoms with E-state index in [4.69, 9.17) is 18.0 Å². The Kier molecular flexibility index (Phi) is 4.26. The fourth-order valence-electron chi connectivity index (χ4n) is 2.56. The number of rotatable bonds is 5. The third-order valence-electron chi connectivity index (χ3n) is 4.00. The zero-order chi connectivity index (χ0) is 14.0. The van der Waals surface area contributed by atoms with Gasteiger partial charge in [0.15, 0.2) is 0 Å². The number of nitrogens with one attached hydrogen (secondary N) is 1. The van der Waals surface area contributed by atoms with Gasteiger partial charge < -0.3 is 11.1 Å². The monoisotopic (exact) mass is 296 g/mol. The lowest BCUT2D eigenvalue weighted by atomic mass is 9.92. The Labute approximate surface area is 123 Å². The van der Waals surface area contributed by atoms with Crippen LogP contribution in [0.5, 0.6) is 0 Å². The van der Waals surface area contributed by atoms with Crippen molar-refractivity contribution >= 4 is 34.5 Å². The lowest BCUT2D eigenvalue weighted by molar-refractivity contribution is 0.0924. The minimum Gasteiger partial charge on any atom is -0.391 e. The van der Waals surface area contributed by atoms with Gasteiger partial charge in [0.1, 0.15) is 0 Å². The number of carbonyl (C=O) groups is 1. The SMILES string of the molecule is CCC(CC)(NC(=O)c1cc2c(s1)CCC2)C(N)=S. The van der Waals surface area contributed by atoms with Gasteiger partial charge in [-0.2, -0.15) is 0 Å². The molecule has 0 saturated carbocycles. The molecule has 5 heteroatoms. The number of aryl methyl sites for hydroxylation is 2. The minimum absolute atomic E-state index is 0.0455. The maximum absolute atomic E-state index is 12.4. The molecule has 3 N–H and O–H groups in total. The predicted molar refractivity (Wildman–Crippen MR) is 83.9 cm³/mol. The van der Waals surface area contributed by atoms with Gasteiger partial charge in [-0.1, -0.05) is 26.1 Å². The van der Waals surface area contributed by atoms with E-state index in [1.807, 2.05) is 19.9 Å². The predicted octanol–water partition coefficient (Wildman–Crippen LogP) is 2.81. The fraction of sp³-hybridized carbons (Fsp3) is 0.571. The molecular weight excluding hydrogens is 276 g/mol. The zero-order valence-electron chi connectivity index (χ0n) is 11.4. The highest BCUT2D eigenvalue weighted by Crippen LogP contribution is 2.31. The first-order valence-corrected chi connectivity index (χ1v) is 7.99. The van der Waals surface area contributed by atoms with Gasteiger partial charge in [0.05, 0.1) is 15.4 Å². The Bertz CT molecular complexity index is 482. The molecular formula is C14H20N2OS2. The minimum atomic E-state index is -0.555. The second kappa shape index (κ2) is 5.59. The first-order chi connectivity index (χ1) is 9.02. The van der Waals surface area contributed by atoms with Crippen molar-refractivity contribution in [2.45, 2.75) is 51.5 Å². The van der Waals surface area contributed by atoms with Crippen LogP contribution < -0.4 is 11.1 Å². The first kappa shape index (κ1) is 14.5. The molecule has 0 bridgehead atoms. The van der Waals surface area contributed by atoms with Crippen molar-refractivity contribution in [1.82, 2.24) is 5.32 Å². The molecule has 1 aromatic rings. The van der Waals surface area contributed by atoms with Gasteiger partial charge in [-0.05, 0) is 43.7 Å². The summed E-state index contributed by atoms with van der Waals surface area (Å²) < 4.78 is 0. The maximum Gasteiger partial charge on any atom is 0.262 e. The summed E-state index contributed by atoms with van der Waals surface area (Å²) in [7, 11) is 0. The van der Waals surface area contributed by atoms with Crippen molar-refractivity contribution in [3.05, 3.63) is 21.4 Å². The van der Waals surface area contributed by atoms with Crippen LogP contribution in [0.2, 0.25) is 0 Å². The van der Waals surface area contributed by atoms with Gasteiger partial charge in [-0.3, -0.25) is 4.79 Å². The van der Waals surface area contributed by atoms with E-state index < -0.39 is 5.54 Å². The van der Waals surface area contributed by atoms with Crippen molar-refractivity contribution in [1.29, 1.82) is 0 Å². The molecule has 0 atom stereocenters. The second-order valence-corrected chi connectivity index (χ2v) is 6.60. The van der Waals surface area contributed by atoms with E-state index in [0.717, 1.165) is 30.6 Å². The average molecular weight is 296 g/mol. The number of hydrogen-bond donors (Lipinski definition) is 2. The first-order valence-electron chi connectivity index (χ1n) is 6.76. The number of thiophene rings is 1. The molecule has 19 heavy (non-hydrogen) atoms. The van der Waals surface area contributed by atoms with E-state index in [1.54, 1.807) is 11.3 Å². The molecule has 0 saturated heterocycles. The third-order valence-corrected chi connectivity index (χ3v) is 5.63. The summed E-state index contributed by atoms with van der Waals surface area (Å²) in [5, 5.41) is 3.04. The Balaban J connectivity index is 2.17. The van der Waals surface area contributed by atoms with Gasteiger partial charge in [0.2, 0.25) is 0 Å². The molecule has 1 heterocycles. The molecule has 0 aromatic carbocycles. The summed E-state index contributed by atoms with van der Waals surface area (Å²) in [6, 6.07) is 2.03. The summed E-state index contributed by atoms with van der Waals surface area (Å²) in [4.78, 5) is 14.9. The summed E-state index contributed by atoms with van der Waals surface area (Å²) in [6.45, 7) is 3.99. The topological polar surface area (TPSA) is 55.1 Å². The number of fused-ring (bicyclic) bond motifs is 1. The average Bonchev–Trinajstić information content (AvgIpc) is 2.95. The van der Waals surface area contributed by atoms with Gasteiger partial charge in [-0.25, -0.2) is 0 Å². The van der Waals surface area contributed by atoms with Crippen molar-refractivity contribution < 1.29 is 4.79 Å². The fourth-order valence-corrected chi connectivity index (χ4v) is 4.05. The molecule has 0 fully saturated rings. The van der Waals surface area contributed by atoms with Crippen LogP contribution in [0.1, 0.15) is 53.2 Å². The van der Waals surface area contributed by atoms with Crippen molar-refractivity contribution in [3.8, 4) is 0 Å². The van der Waals surface area contributed by atoms with Crippen molar-refractivity contribution in [2.75, 3.05) is 0 Å². The molecule has 1 aliphatic carbocycles. The lowest BCUT2D eigenvalue weighted by Gasteiger charge is -2.31. The largest absolute Gasteiger partial charge is 0.391 e. The summed E-state index contributed by atoms with van der Waals surface area (Å²) in [5.74, 6) is -0.0455. The lowest BCUT2D eigenvalue weighted by Crippen LogP contribution is -2.55. The Morgan fingerprint density at radius 1 is 1.47 bits per heavy atom. The number of nitrogens with two attached hydrogens (primary N) is 1. The summed E-state index contributed by atoms with van der Waals surface area (Å²) in [5.41, 5.74) is 6.59. The van der Waals surface area contributed by atoms with Gasteiger partial charge >= 0.3 is 0 Å². The van der Waals surface area contributed by atoms with Gasteiger partial charge in [-0.15, -0.1) is 11.3 Å². The van der Waals surface area contributed by atoms with E-state index in [2.05, 4.69) is 5.32 Å². The number of hydrogen-bond acceptors (Lipinski definition) is 3. The molecule has 1 aliphatic rings. The summed E-state index contributed by atoms with van der Waals surface area (Å²) >= 11 is 6.73. The van der Waals surface area contributed by atoms with Crippen LogP contribution in [0.4, 0.5) is 0 Å². The molecule has 1 amide bonds. The standard InChI is InChI=1S/C14H20N2OS2/c1-3-14(4-2,13(15)18)16-12(17)11-8-9-6-5-7-10(9)19-11/h8H,3-7H2,1-2H3,(H2,15,18)(H,16,17).